The Bertz CT molecular complexity index is 390. The van der Waals surface area contributed by atoms with Gasteiger partial charge in [-0.15, -0.1) is 0 Å². The Hall–Kier alpha value is -2.20. The highest BCUT2D eigenvalue weighted by Gasteiger charge is 1.95. The molecule has 0 radical (unpaired) electrons. The van der Waals surface area contributed by atoms with Gasteiger partial charge in [0.1, 0.15) is 5.84 Å². The number of nitrogens with one attached hydrogen (secondary N) is 2. The molecule has 0 unspecified atom stereocenters. The van der Waals surface area contributed by atoms with Crippen LogP contribution in [-0.2, 0) is 0 Å². The van der Waals surface area contributed by atoms with E-state index in [4.69, 9.17) is 16.7 Å². The largest absolute Gasteiger partial charge is 0.385 e. The van der Waals surface area contributed by atoms with Crippen molar-refractivity contribution in [3.05, 3.63) is 40.3 Å². The fourth-order valence-corrected chi connectivity index (χ4v) is 1.19. The van der Waals surface area contributed by atoms with Crippen LogP contribution in [0.4, 0.5) is 5.69 Å². The first-order valence-electron chi connectivity index (χ1n) is 4.93. The minimum absolute atomic E-state index is 0.0647. The molecule has 1 rings (SSSR count). The number of nitrogen functional groups attached to an aromatic ring is 1. The monoisotopic (exact) mass is 218 g/mol. The Balaban J connectivity index is 2.37. The van der Waals surface area contributed by atoms with E-state index in [0.29, 0.717) is 12.1 Å². The maximum Gasteiger partial charge on any atom is 0.122 e. The van der Waals surface area contributed by atoms with Gasteiger partial charge in [0.25, 0.3) is 0 Å². The van der Waals surface area contributed by atoms with Crippen molar-refractivity contribution in [2.24, 2.45) is 10.8 Å². The highest BCUT2D eigenvalue weighted by Crippen LogP contribution is 2.08. The molecule has 0 aromatic heterocycles. The lowest BCUT2D eigenvalue weighted by Gasteiger charge is -2.05. The summed E-state index contributed by atoms with van der Waals surface area (Å²) < 4.78 is 0. The van der Waals surface area contributed by atoms with Crippen molar-refractivity contribution in [1.82, 2.24) is 0 Å². The van der Waals surface area contributed by atoms with Crippen LogP contribution in [0.25, 0.3) is 10.4 Å². The van der Waals surface area contributed by atoms with Gasteiger partial charge in [-0.2, -0.15) is 0 Å². The number of rotatable bonds is 6. The third-order valence-corrected chi connectivity index (χ3v) is 2.02. The molecule has 0 spiro atoms. The molecule has 0 fully saturated rings. The van der Waals surface area contributed by atoms with E-state index in [1.54, 1.807) is 12.1 Å². The number of nitrogens with two attached hydrogens (primary N) is 1. The van der Waals surface area contributed by atoms with Crippen LogP contribution in [-0.4, -0.2) is 18.9 Å². The summed E-state index contributed by atoms with van der Waals surface area (Å²) in [7, 11) is 0. The van der Waals surface area contributed by atoms with Crippen molar-refractivity contribution in [3.8, 4) is 0 Å². The van der Waals surface area contributed by atoms with Gasteiger partial charge in [-0.3, -0.25) is 5.41 Å². The van der Waals surface area contributed by atoms with Gasteiger partial charge in [0, 0.05) is 29.3 Å². The molecule has 84 valence electrons. The van der Waals surface area contributed by atoms with Crippen molar-refractivity contribution in [2.45, 2.75) is 6.42 Å². The molecule has 6 nitrogen and oxygen atoms in total. The lowest BCUT2D eigenvalue weighted by atomic mass is 10.2. The van der Waals surface area contributed by atoms with E-state index in [1.807, 2.05) is 12.1 Å². The second-order valence-corrected chi connectivity index (χ2v) is 3.23. The highest BCUT2D eigenvalue weighted by atomic mass is 15.1. The third-order valence-electron chi connectivity index (χ3n) is 2.02. The summed E-state index contributed by atoms with van der Waals surface area (Å²) in [4.78, 5) is 2.67. The molecule has 0 heterocycles. The number of nitrogens with zero attached hydrogens (tertiary/aromatic N) is 3. The fourth-order valence-electron chi connectivity index (χ4n) is 1.19. The van der Waals surface area contributed by atoms with Gasteiger partial charge in [0.2, 0.25) is 0 Å². The van der Waals surface area contributed by atoms with Crippen molar-refractivity contribution < 1.29 is 0 Å². The SMILES string of the molecule is [N-]=[N+]=NCCCNc1ccc(C(=N)N)cc1. The van der Waals surface area contributed by atoms with E-state index in [9.17, 15) is 0 Å². The van der Waals surface area contributed by atoms with E-state index in [0.717, 1.165) is 18.7 Å². The second kappa shape index (κ2) is 6.31. The van der Waals surface area contributed by atoms with Gasteiger partial charge < -0.3 is 11.1 Å². The van der Waals surface area contributed by atoms with Crippen LogP contribution in [0.15, 0.2) is 29.4 Å². The molecule has 0 aliphatic carbocycles. The van der Waals surface area contributed by atoms with E-state index in [1.165, 1.54) is 0 Å². The quantitative estimate of drug-likeness (QED) is 0.169. The molecule has 4 N–H and O–H groups in total. The summed E-state index contributed by atoms with van der Waals surface area (Å²) in [5.41, 5.74) is 15.1. The molecule has 1 aromatic carbocycles. The summed E-state index contributed by atoms with van der Waals surface area (Å²) in [6, 6.07) is 7.31. The van der Waals surface area contributed by atoms with E-state index in [2.05, 4.69) is 15.3 Å². The van der Waals surface area contributed by atoms with Crippen molar-refractivity contribution in [1.29, 1.82) is 5.41 Å². The zero-order valence-electron chi connectivity index (χ0n) is 8.85. The predicted octanol–water partition coefficient (Wildman–Crippen LogP) is 2.08. The topological polar surface area (TPSA) is 111 Å². The predicted molar refractivity (Wildman–Crippen MR) is 64.6 cm³/mol. The van der Waals surface area contributed by atoms with Crippen LogP contribution in [0.5, 0.6) is 0 Å². The van der Waals surface area contributed by atoms with Gasteiger partial charge in [-0.25, -0.2) is 0 Å². The lowest BCUT2D eigenvalue weighted by Crippen LogP contribution is -2.11. The lowest BCUT2D eigenvalue weighted by molar-refractivity contribution is 0.867. The Labute approximate surface area is 93.6 Å². The van der Waals surface area contributed by atoms with Crippen LogP contribution < -0.4 is 11.1 Å². The minimum atomic E-state index is 0.0647. The van der Waals surface area contributed by atoms with Crippen molar-refractivity contribution in [3.63, 3.8) is 0 Å². The molecule has 0 amide bonds. The van der Waals surface area contributed by atoms with Crippen LogP contribution >= 0.6 is 0 Å². The second-order valence-electron chi connectivity index (χ2n) is 3.23. The molecular weight excluding hydrogens is 204 g/mol. The highest BCUT2D eigenvalue weighted by molar-refractivity contribution is 5.95. The molecule has 16 heavy (non-hydrogen) atoms. The summed E-state index contributed by atoms with van der Waals surface area (Å²) in [6.45, 7) is 1.24. The Morgan fingerprint density at radius 2 is 2.12 bits per heavy atom. The molecule has 0 bridgehead atoms. The Morgan fingerprint density at radius 1 is 1.44 bits per heavy atom. The van der Waals surface area contributed by atoms with E-state index >= 15 is 0 Å². The molecule has 0 aliphatic rings. The van der Waals surface area contributed by atoms with E-state index < -0.39 is 0 Å². The molecule has 0 saturated carbocycles. The zero-order valence-corrected chi connectivity index (χ0v) is 8.85. The van der Waals surface area contributed by atoms with Gasteiger partial charge in [0.05, 0.1) is 0 Å². The summed E-state index contributed by atoms with van der Waals surface area (Å²) >= 11 is 0. The first-order chi connectivity index (χ1) is 7.74. The van der Waals surface area contributed by atoms with E-state index in [-0.39, 0.29) is 5.84 Å². The average Bonchev–Trinajstić information content (AvgIpc) is 2.29. The summed E-state index contributed by atoms with van der Waals surface area (Å²) in [5, 5.41) is 13.8. The number of hydrogen-bond acceptors (Lipinski definition) is 3. The number of hydrogen-bond donors (Lipinski definition) is 3. The molecule has 6 heteroatoms. The van der Waals surface area contributed by atoms with Crippen LogP contribution in [0.3, 0.4) is 0 Å². The Kier molecular flexibility index (Phi) is 4.69. The summed E-state index contributed by atoms with van der Waals surface area (Å²) in [5.74, 6) is 0.0647. The maximum absolute atomic E-state index is 8.07. The van der Waals surface area contributed by atoms with Gasteiger partial charge >= 0.3 is 0 Å². The van der Waals surface area contributed by atoms with Gasteiger partial charge in [-0.1, -0.05) is 5.11 Å². The summed E-state index contributed by atoms with van der Waals surface area (Å²) in [6.07, 6.45) is 0.790. The molecule has 0 saturated heterocycles. The maximum atomic E-state index is 8.07. The molecule has 0 aliphatic heterocycles. The standard InChI is InChI=1S/C10H14N6/c11-10(12)8-2-4-9(5-3-8)14-6-1-7-15-16-13/h2-5,14H,1,6-7H2,(H3,11,12). The number of azide groups is 1. The normalized spacial score (nSPS) is 9.25. The first kappa shape index (κ1) is 11.9. The van der Waals surface area contributed by atoms with Crippen molar-refractivity contribution >= 4 is 11.5 Å². The zero-order chi connectivity index (χ0) is 11.8. The van der Waals surface area contributed by atoms with Crippen LogP contribution in [0, 0.1) is 5.41 Å². The molecular formula is C10H14N6. The first-order valence-corrected chi connectivity index (χ1v) is 4.93. The van der Waals surface area contributed by atoms with Gasteiger partial charge in [0.15, 0.2) is 0 Å². The van der Waals surface area contributed by atoms with Crippen LogP contribution in [0.2, 0.25) is 0 Å². The minimum Gasteiger partial charge on any atom is -0.385 e. The Morgan fingerprint density at radius 3 is 2.69 bits per heavy atom. The fraction of sp³-hybridized carbons (Fsp3) is 0.300. The number of amidine groups is 1. The smallest absolute Gasteiger partial charge is 0.122 e. The molecule has 0 atom stereocenters. The number of benzene rings is 1. The van der Waals surface area contributed by atoms with Gasteiger partial charge in [-0.05, 0) is 36.2 Å². The average molecular weight is 218 g/mol. The van der Waals surface area contributed by atoms with Crippen LogP contribution in [0.1, 0.15) is 12.0 Å². The molecule has 1 aromatic rings. The third kappa shape index (κ3) is 3.89. The number of anilines is 1. The van der Waals surface area contributed by atoms with Crippen molar-refractivity contribution in [2.75, 3.05) is 18.4 Å².